The van der Waals surface area contributed by atoms with Gasteiger partial charge in [-0.05, 0) is 78.9 Å². The Balaban J connectivity index is 1.22. The largest absolute Gasteiger partial charge is 0.417 e. The normalized spacial score (nSPS) is 12.1. The second-order valence-corrected chi connectivity index (χ2v) is 18.1. The van der Waals surface area contributed by atoms with Crippen LogP contribution < -0.4 is 0 Å². The molecule has 0 aliphatic carbocycles. The highest BCUT2D eigenvalue weighted by Gasteiger charge is 2.37. The van der Waals surface area contributed by atoms with Crippen molar-refractivity contribution >= 4 is 87.2 Å². The molecule has 0 fully saturated rings. The summed E-state index contributed by atoms with van der Waals surface area (Å²) in [5.74, 6) is 0. The molecule has 4 aromatic heterocycles. The molecule has 9 heteroatoms. The Bertz CT molecular complexity index is 4690. The van der Waals surface area contributed by atoms with Crippen LogP contribution in [-0.2, 0) is 6.18 Å². The predicted octanol–water partition coefficient (Wildman–Crippen LogP) is 16.5. The van der Waals surface area contributed by atoms with E-state index >= 15 is 13.2 Å². The zero-order valence-corrected chi connectivity index (χ0v) is 38.0. The van der Waals surface area contributed by atoms with Crippen LogP contribution in [0.4, 0.5) is 13.2 Å². The highest BCUT2D eigenvalue weighted by Crippen LogP contribution is 2.49. The second kappa shape index (κ2) is 15.3. The molecule has 0 N–H and O–H groups in total. The molecule has 0 bridgehead atoms. The van der Waals surface area contributed by atoms with E-state index in [1.54, 1.807) is 12.1 Å². The first-order valence-corrected chi connectivity index (χ1v) is 23.6. The number of nitrogens with zero attached hydrogens (tertiary/aromatic N) is 6. The number of rotatable bonds is 5. The maximum absolute atomic E-state index is 15.6. The van der Waals surface area contributed by atoms with Gasteiger partial charge in [0.05, 0.1) is 72.7 Å². The van der Waals surface area contributed by atoms with E-state index in [0.717, 1.165) is 93.6 Å². The predicted molar refractivity (Wildman–Crippen MR) is 284 cm³/mol. The third kappa shape index (κ3) is 5.65. The summed E-state index contributed by atoms with van der Waals surface area (Å²) >= 11 is 0. The molecule has 0 unspecified atom stereocenters. The molecular formula is C63H35F3N6. The minimum absolute atomic E-state index is 0.0952. The summed E-state index contributed by atoms with van der Waals surface area (Å²) in [6.45, 7) is 0. The van der Waals surface area contributed by atoms with E-state index in [9.17, 15) is 10.5 Å². The number of alkyl halides is 3. The van der Waals surface area contributed by atoms with Gasteiger partial charge in [-0.3, -0.25) is 0 Å². The second-order valence-electron chi connectivity index (χ2n) is 18.1. The molecule has 338 valence electrons. The summed E-state index contributed by atoms with van der Waals surface area (Å²) in [5, 5.41) is 30.2. The van der Waals surface area contributed by atoms with Gasteiger partial charge in [0, 0.05) is 65.6 Å². The van der Waals surface area contributed by atoms with Crippen LogP contribution in [-0.4, -0.2) is 18.3 Å². The molecule has 4 heterocycles. The minimum atomic E-state index is -4.85. The fourth-order valence-electron chi connectivity index (χ4n) is 11.7. The molecule has 0 amide bonds. The van der Waals surface area contributed by atoms with Crippen LogP contribution >= 0.6 is 0 Å². The van der Waals surface area contributed by atoms with Crippen LogP contribution in [0.2, 0.25) is 0 Å². The van der Waals surface area contributed by atoms with E-state index in [1.165, 1.54) is 12.1 Å². The maximum atomic E-state index is 15.6. The molecule has 14 aromatic rings. The first-order valence-electron chi connectivity index (χ1n) is 23.6. The molecule has 0 saturated heterocycles. The lowest BCUT2D eigenvalue weighted by molar-refractivity contribution is -0.137. The molecule has 6 nitrogen and oxygen atoms in total. The van der Waals surface area contributed by atoms with Crippen LogP contribution in [0.1, 0.15) is 16.7 Å². The van der Waals surface area contributed by atoms with Crippen molar-refractivity contribution in [3.63, 3.8) is 0 Å². The van der Waals surface area contributed by atoms with Crippen molar-refractivity contribution in [2.45, 2.75) is 6.18 Å². The van der Waals surface area contributed by atoms with Crippen molar-refractivity contribution in [1.82, 2.24) is 18.3 Å². The SMILES string of the molecule is N#Cc1cccc(C(F)(F)F)c1-c1ccc(-n2c3ccccc3c3ccc4c(c5ccccc5n4-c4ccccc4)c32)c(C#N)c1-n1c2ccccc2c2ccc3c(c4ccccc4n3-c3ccccc3)c21. The van der Waals surface area contributed by atoms with Crippen molar-refractivity contribution in [2.24, 2.45) is 0 Å². The number of fused-ring (bicyclic) bond motifs is 14. The number of hydrogen-bond donors (Lipinski definition) is 0. The first kappa shape index (κ1) is 41.2. The van der Waals surface area contributed by atoms with Crippen molar-refractivity contribution in [3.8, 4) is 46.0 Å². The highest BCUT2D eigenvalue weighted by atomic mass is 19.4. The van der Waals surface area contributed by atoms with Gasteiger partial charge in [-0.1, -0.05) is 133 Å². The van der Waals surface area contributed by atoms with Crippen molar-refractivity contribution < 1.29 is 13.2 Å². The molecule has 0 aliphatic heterocycles. The van der Waals surface area contributed by atoms with Gasteiger partial charge in [-0.15, -0.1) is 0 Å². The lowest BCUT2D eigenvalue weighted by atomic mass is 9.90. The smallest absolute Gasteiger partial charge is 0.309 e. The molecule has 10 aromatic carbocycles. The monoisotopic (exact) mass is 932 g/mol. The number of aromatic nitrogens is 4. The van der Waals surface area contributed by atoms with Gasteiger partial charge in [0.15, 0.2) is 0 Å². The molecule has 0 saturated carbocycles. The zero-order chi connectivity index (χ0) is 48.4. The van der Waals surface area contributed by atoms with Crippen LogP contribution in [0.3, 0.4) is 0 Å². The van der Waals surface area contributed by atoms with Gasteiger partial charge in [0.1, 0.15) is 11.6 Å². The molecule has 14 rings (SSSR count). The molecular weight excluding hydrogens is 898 g/mol. The number of benzene rings is 10. The standard InChI is InChI=1S/C63H35F3N6/c64-63(65,66)49-25-15-16-38(36-67)57(49)47-32-33-54(71-50-26-11-7-21-41(50)43-30-34-55-58(61(43)71)45-23-9-13-28-52(45)69(55)39-17-3-1-4-18-39)48(37-68)60(47)72-51-27-12-8-22-42(51)44-31-35-56-59(62(44)72)46-24-10-14-29-53(46)70(56)40-19-5-2-6-20-40/h1-35H. The Morgan fingerprint density at radius 1 is 0.361 bits per heavy atom. The molecule has 0 aliphatic rings. The Morgan fingerprint density at radius 3 is 1.32 bits per heavy atom. The third-order valence-electron chi connectivity index (χ3n) is 14.5. The number of halogens is 3. The zero-order valence-electron chi connectivity index (χ0n) is 38.0. The van der Waals surface area contributed by atoms with Crippen molar-refractivity contribution in [1.29, 1.82) is 10.5 Å². The Labute approximate surface area is 408 Å². The van der Waals surface area contributed by atoms with Crippen molar-refractivity contribution in [2.75, 3.05) is 0 Å². The topological polar surface area (TPSA) is 67.3 Å². The van der Waals surface area contributed by atoms with Gasteiger partial charge in [0.2, 0.25) is 0 Å². The quantitative estimate of drug-likeness (QED) is 0.173. The van der Waals surface area contributed by atoms with Crippen LogP contribution in [0, 0.1) is 22.7 Å². The van der Waals surface area contributed by atoms with E-state index in [0.29, 0.717) is 16.7 Å². The van der Waals surface area contributed by atoms with E-state index in [-0.39, 0.29) is 27.9 Å². The van der Waals surface area contributed by atoms with Crippen LogP contribution in [0.25, 0.3) is 121 Å². The van der Waals surface area contributed by atoms with E-state index in [4.69, 9.17) is 0 Å². The summed E-state index contributed by atoms with van der Waals surface area (Å²) in [7, 11) is 0. The maximum Gasteiger partial charge on any atom is 0.417 e. The third-order valence-corrected chi connectivity index (χ3v) is 14.5. The van der Waals surface area contributed by atoms with E-state index < -0.39 is 11.7 Å². The first-order chi connectivity index (χ1) is 35.4. The summed E-state index contributed by atoms with van der Waals surface area (Å²) in [6.07, 6.45) is -4.85. The average Bonchev–Trinajstić information content (AvgIpc) is 4.16. The summed E-state index contributed by atoms with van der Waals surface area (Å²) in [5.41, 5.74) is 8.24. The summed E-state index contributed by atoms with van der Waals surface area (Å²) in [6, 6.07) is 72.9. The Hall–Kier alpha value is -9.83. The van der Waals surface area contributed by atoms with Gasteiger partial charge in [0.25, 0.3) is 0 Å². The number of nitriles is 2. The van der Waals surface area contributed by atoms with E-state index in [1.807, 2.05) is 108 Å². The number of hydrogen-bond acceptors (Lipinski definition) is 2. The minimum Gasteiger partial charge on any atom is -0.309 e. The fourth-order valence-corrected chi connectivity index (χ4v) is 11.7. The van der Waals surface area contributed by atoms with Gasteiger partial charge in [-0.25, -0.2) is 0 Å². The molecule has 72 heavy (non-hydrogen) atoms. The van der Waals surface area contributed by atoms with Gasteiger partial charge in [-0.2, -0.15) is 23.7 Å². The fraction of sp³-hybridized carbons (Fsp3) is 0.0159. The van der Waals surface area contributed by atoms with Gasteiger partial charge < -0.3 is 18.3 Å². The lowest BCUT2D eigenvalue weighted by Gasteiger charge is -2.22. The van der Waals surface area contributed by atoms with Crippen molar-refractivity contribution in [3.05, 3.63) is 229 Å². The molecule has 0 atom stereocenters. The van der Waals surface area contributed by atoms with E-state index in [2.05, 4.69) is 105 Å². The van der Waals surface area contributed by atoms with Gasteiger partial charge >= 0.3 is 6.18 Å². The molecule has 0 spiro atoms. The van der Waals surface area contributed by atoms with Crippen LogP contribution in [0.5, 0.6) is 0 Å². The lowest BCUT2D eigenvalue weighted by Crippen LogP contribution is -2.11. The summed E-state index contributed by atoms with van der Waals surface area (Å²) < 4.78 is 55.4. The molecule has 0 radical (unpaired) electrons. The Morgan fingerprint density at radius 2 is 0.819 bits per heavy atom. The highest BCUT2D eigenvalue weighted by molar-refractivity contribution is 6.28. The Kier molecular flexibility index (Phi) is 8.77. The average molecular weight is 933 g/mol. The van der Waals surface area contributed by atoms with Crippen LogP contribution in [0.15, 0.2) is 212 Å². The number of para-hydroxylation sites is 6. The summed E-state index contributed by atoms with van der Waals surface area (Å²) in [4.78, 5) is 0.